The van der Waals surface area contributed by atoms with Crippen LogP contribution in [-0.2, 0) is 7.05 Å². The van der Waals surface area contributed by atoms with Gasteiger partial charge in [-0.15, -0.1) is 0 Å². The number of halogens is 1. The number of rotatable bonds is 3. The van der Waals surface area contributed by atoms with E-state index in [1.54, 1.807) is 16.9 Å². The van der Waals surface area contributed by atoms with E-state index in [0.717, 1.165) is 36.3 Å². The van der Waals surface area contributed by atoms with Gasteiger partial charge in [-0.3, -0.25) is 14.5 Å². The van der Waals surface area contributed by atoms with E-state index in [9.17, 15) is 4.79 Å². The Labute approximate surface area is 163 Å². The van der Waals surface area contributed by atoms with Crippen molar-refractivity contribution in [2.75, 3.05) is 13.1 Å². The molecule has 1 saturated heterocycles. The lowest BCUT2D eigenvalue weighted by Crippen LogP contribution is -2.39. The minimum Gasteiger partial charge on any atom is -0.337 e. The molecule has 1 fully saturated rings. The average Bonchev–Trinajstić information content (AvgIpc) is 3.14. The van der Waals surface area contributed by atoms with Crippen molar-refractivity contribution in [3.8, 4) is 11.3 Å². The number of hydrogen-bond donors (Lipinski definition) is 0. The number of carbonyl (C=O) groups is 1. The van der Waals surface area contributed by atoms with Crippen LogP contribution in [-0.4, -0.2) is 38.7 Å². The maximum Gasteiger partial charge on any atom is 0.274 e. The summed E-state index contributed by atoms with van der Waals surface area (Å²) >= 11 is 6.12. The lowest BCUT2D eigenvalue weighted by molar-refractivity contribution is 0.0699. The molecule has 1 aliphatic rings. The van der Waals surface area contributed by atoms with Crippen molar-refractivity contribution in [2.24, 2.45) is 7.05 Å². The molecule has 5 nitrogen and oxygen atoms in total. The molecule has 3 heterocycles. The molecule has 27 heavy (non-hydrogen) atoms. The highest BCUT2D eigenvalue weighted by molar-refractivity contribution is 6.30. The van der Waals surface area contributed by atoms with Gasteiger partial charge in [0.15, 0.2) is 0 Å². The van der Waals surface area contributed by atoms with Crippen molar-refractivity contribution < 1.29 is 4.79 Å². The van der Waals surface area contributed by atoms with E-state index in [1.165, 1.54) is 0 Å². The highest BCUT2D eigenvalue weighted by atomic mass is 35.5. The van der Waals surface area contributed by atoms with Crippen LogP contribution in [0.25, 0.3) is 11.3 Å². The van der Waals surface area contributed by atoms with Gasteiger partial charge in [0.1, 0.15) is 5.69 Å². The minimum atomic E-state index is -0.00806. The molecule has 138 valence electrons. The number of carbonyl (C=O) groups excluding carboxylic acids is 1. The molecule has 1 aliphatic heterocycles. The number of hydrogen-bond acceptors (Lipinski definition) is 3. The van der Waals surface area contributed by atoms with Gasteiger partial charge >= 0.3 is 0 Å². The third kappa shape index (κ3) is 3.88. The Kier molecular flexibility index (Phi) is 4.94. The fraction of sp³-hybridized carbons (Fsp3) is 0.286. The predicted octanol–water partition coefficient (Wildman–Crippen LogP) is 4.16. The molecule has 1 amide bonds. The van der Waals surface area contributed by atoms with Crippen LogP contribution < -0.4 is 0 Å². The van der Waals surface area contributed by atoms with Gasteiger partial charge in [-0.05, 0) is 43.2 Å². The molecule has 1 aromatic carbocycles. The Balaban J connectivity index is 1.55. The Morgan fingerprint density at radius 1 is 1.19 bits per heavy atom. The van der Waals surface area contributed by atoms with Gasteiger partial charge in [-0.1, -0.05) is 29.8 Å². The summed E-state index contributed by atoms with van der Waals surface area (Å²) in [5, 5.41) is 4.94. The molecule has 3 aromatic rings. The molecule has 2 aromatic heterocycles. The van der Waals surface area contributed by atoms with Gasteiger partial charge < -0.3 is 4.90 Å². The first kappa shape index (κ1) is 17.7. The van der Waals surface area contributed by atoms with Crippen LogP contribution in [0.2, 0.25) is 5.02 Å². The summed E-state index contributed by atoms with van der Waals surface area (Å²) in [6.07, 6.45) is 3.79. The fourth-order valence-corrected chi connectivity index (χ4v) is 3.77. The normalized spacial score (nSPS) is 17.1. The van der Waals surface area contributed by atoms with Crippen LogP contribution in [0.1, 0.15) is 34.9 Å². The third-order valence-electron chi connectivity index (χ3n) is 4.95. The maximum atomic E-state index is 12.7. The van der Waals surface area contributed by atoms with Gasteiger partial charge in [0.05, 0.1) is 5.69 Å². The number of piperidine rings is 1. The molecule has 0 radical (unpaired) electrons. The van der Waals surface area contributed by atoms with Crippen molar-refractivity contribution >= 4 is 17.5 Å². The predicted molar refractivity (Wildman–Crippen MR) is 106 cm³/mol. The topological polar surface area (TPSA) is 51.0 Å². The summed E-state index contributed by atoms with van der Waals surface area (Å²) in [5.41, 5.74) is 3.43. The molecule has 6 heteroatoms. The Bertz CT molecular complexity index is 968. The second-order valence-corrected chi connectivity index (χ2v) is 7.36. The van der Waals surface area contributed by atoms with Crippen molar-refractivity contribution in [3.05, 3.63) is 71.1 Å². The zero-order valence-corrected chi connectivity index (χ0v) is 15.9. The molecule has 0 spiro atoms. The Morgan fingerprint density at radius 2 is 2.04 bits per heavy atom. The van der Waals surface area contributed by atoms with Crippen LogP contribution >= 0.6 is 11.6 Å². The summed E-state index contributed by atoms with van der Waals surface area (Å²) < 4.78 is 1.66. The van der Waals surface area contributed by atoms with Crippen molar-refractivity contribution in [2.45, 2.75) is 18.8 Å². The third-order valence-corrected chi connectivity index (χ3v) is 5.19. The van der Waals surface area contributed by atoms with Crippen LogP contribution in [0.4, 0.5) is 0 Å². The average molecular weight is 381 g/mol. The van der Waals surface area contributed by atoms with Crippen molar-refractivity contribution in [3.63, 3.8) is 0 Å². The molecule has 4 rings (SSSR count). The number of aromatic nitrogens is 3. The molecular weight excluding hydrogens is 360 g/mol. The first-order valence-electron chi connectivity index (χ1n) is 9.12. The van der Waals surface area contributed by atoms with E-state index < -0.39 is 0 Å². The standard InChI is InChI=1S/C21H21ClN4O/c1-25-12-10-20(24-25)21(27)26-11-4-6-16(14-26)19-9-3-8-18(23-19)15-5-2-7-17(22)13-15/h2-3,5,7-10,12-13,16H,4,6,11,14H2,1H3/t16-/m0/s1. The SMILES string of the molecule is Cn1ccc(C(=O)N2CCC[C@H](c3cccc(-c4cccc(Cl)c4)n3)C2)n1. The zero-order valence-electron chi connectivity index (χ0n) is 15.2. The van der Waals surface area contributed by atoms with Gasteiger partial charge in [0, 0.05) is 48.5 Å². The van der Waals surface area contributed by atoms with Crippen LogP contribution in [0.3, 0.4) is 0 Å². The van der Waals surface area contributed by atoms with Gasteiger partial charge in [0.25, 0.3) is 5.91 Å². The summed E-state index contributed by atoms with van der Waals surface area (Å²) in [4.78, 5) is 19.5. The molecule has 0 saturated carbocycles. The molecule has 0 aliphatic carbocycles. The first-order chi connectivity index (χ1) is 13.1. The van der Waals surface area contributed by atoms with Crippen molar-refractivity contribution in [1.82, 2.24) is 19.7 Å². The van der Waals surface area contributed by atoms with E-state index in [-0.39, 0.29) is 11.8 Å². The maximum absolute atomic E-state index is 12.7. The van der Waals surface area contributed by atoms with E-state index in [0.29, 0.717) is 17.3 Å². The molecule has 0 N–H and O–H groups in total. The number of aryl methyl sites for hydroxylation is 1. The number of pyridine rings is 1. The monoisotopic (exact) mass is 380 g/mol. The number of likely N-dealkylation sites (tertiary alicyclic amines) is 1. The van der Waals surface area contributed by atoms with Gasteiger partial charge in [-0.2, -0.15) is 5.10 Å². The molecule has 0 bridgehead atoms. The minimum absolute atomic E-state index is 0.00806. The second kappa shape index (κ2) is 7.53. The zero-order chi connectivity index (χ0) is 18.8. The second-order valence-electron chi connectivity index (χ2n) is 6.92. The quantitative estimate of drug-likeness (QED) is 0.685. The summed E-state index contributed by atoms with van der Waals surface area (Å²) in [6, 6.07) is 15.6. The van der Waals surface area contributed by atoms with Crippen LogP contribution in [0.5, 0.6) is 0 Å². The number of nitrogens with zero attached hydrogens (tertiary/aromatic N) is 4. The largest absolute Gasteiger partial charge is 0.337 e. The first-order valence-corrected chi connectivity index (χ1v) is 9.50. The van der Waals surface area contributed by atoms with Gasteiger partial charge in [0.2, 0.25) is 0 Å². The molecular formula is C21H21ClN4O. The van der Waals surface area contributed by atoms with Gasteiger partial charge in [-0.25, -0.2) is 0 Å². The smallest absolute Gasteiger partial charge is 0.274 e. The number of benzene rings is 1. The lowest BCUT2D eigenvalue weighted by atomic mass is 9.93. The molecule has 0 unspecified atom stereocenters. The number of amides is 1. The Morgan fingerprint density at radius 3 is 2.81 bits per heavy atom. The van der Waals surface area contributed by atoms with E-state index in [2.05, 4.69) is 5.10 Å². The summed E-state index contributed by atoms with van der Waals surface area (Å²) in [5.74, 6) is 0.219. The van der Waals surface area contributed by atoms with E-state index >= 15 is 0 Å². The highest BCUT2D eigenvalue weighted by Crippen LogP contribution is 2.29. The molecule has 1 atom stereocenters. The fourth-order valence-electron chi connectivity index (χ4n) is 3.58. The Hall–Kier alpha value is -2.66. The van der Waals surface area contributed by atoms with E-state index in [4.69, 9.17) is 16.6 Å². The van der Waals surface area contributed by atoms with E-state index in [1.807, 2.05) is 54.4 Å². The van der Waals surface area contributed by atoms with Crippen LogP contribution in [0.15, 0.2) is 54.7 Å². The summed E-state index contributed by atoms with van der Waals surface area (Å²) in [6.45, 7) is 1.43. The summed E-state index contributed by atoms with van der Waals surface area (Å²) in [7, 11) is 1.82. The van der Waals surface area contributed by atoms with Crippen molar-refractivity contribution in [1.29, 1.82) is 0 Å². The van der Waals surface area contributed by atoms with Crippen LogP contribution in [0, 0.1) is 0 Å². The highest BCUT2D eigenvalue weighted by Gasteiger charge is 2.27. The lowest BCUT2D eigenvalue weighted by Gasteiger charge is -2.32.